The van der Waals surface area contributed by atoms with E-state index in [1.165, 1.54) is 18.2 Å². The highest BCUT2D eigenvalue weighted by Crippen LogP contribution is 2.36. The Morgan fingerprint density at radius 1 is 0.906 bits per heavy atom. The van der Waals surface area contributed by atoms with E-state index in [1.54, 1.807) is 25.1 Å². The molecule has 4 rings (SSSR count). The fourth-order valence-corrected chi connectivity index (χ4v) is 5.14. The molecule has 3 aromatic carbocycles. The van der Waals surface area contributed by atoms with E-state index in [-0.39, 0.29) is 16.4 Å². The Hall–Kier alpha value is -3.64. The Balaban J connectivity index is 2.05. The fraction of sp³-hybridized carbons (Fsp3) is 0.115. The first-order valence-electron chi connectivity index (χ1n) is 10.3. The number of nitrogens with zero attached hydrogens (tertiary/aromatic N) is 1. The van der Waals surface area contributed by atoms with E-state index in [0.717, 1.165) is 22.2 Å². The quantitative estimate of drug-likeness (QED) is 0.301. The van der Waals surface area contributed by atoms with E-state index < -0.39 is 15.8 Å². The number of aromatic nitrogens is 1. The molecule has 0 fully saturated rings. The van der Waals surface area contributed by atoms with Crippen molar-refractivity contribution in [3.05, 3.63) is 95.4 Å². The van der Waals surface area contributed by atoms with Gasteiger partial charge in [-0.2, -0.15) is 0 Å². The van der Waals surface area contributed by atoms with Gasteiger partial charge >= 0.3 is 5.97 Å². The first kappa shape index (κ1) is 21.6. The summed E-state index contributed by atoms with van der Waals surface area (Å²) in [5.41, 5.74) is 3.31. The molecule has 162 valence electrons. The predicted octanol–water partition coefficient (Wildman–Crippen LogP) is 5.22. The van der Waals surface area contributed by atoms with Gasteiger partial charge in [-0.05, 0) is 36.8 Å². The number of carbonyl (C=O) groups is 1. The lowest BCUT2D eigenvalue weighted by Crippen LogP contribution is -2.16. The molecular formula is C26H23NO4S. The molecule has 0 unspecified atom stereocenters. The molecule has 1 heterocycles. The van der Waals surface area contributed by atoms with Gasteiger partial charge in [-0.15, -0.1) is 0 Å². The number of esters is 1. The molecule has 0 atom stereocenters. The Kier molecular flexibility index (Phi) is 5.97. The minimum Gasteiger partial charge on any atom is -0.462 e. The van der Waals surface area contributed by atoms with Crippen LogP contribution in [0.5, 0.6) is 0 Å². The van der Waals surface area contributed by atoms with Gasteiger partial charge < -0.3 is 9.30 Å². The van der Waals surface area contributed by atoms with Gasteiger partial charge in [-0.25, -0.2) is 13.2 Å². The summed E-state index contributed by atoms with van der Waals surface area (Å²) in [6.45, 7) is 1.72. The van der Waals surface area contributed by atoms with Gasteiger partial charge in [0.15, 0.2) is 4.91 Å². The molecule has 0 bridgehead atoms. The highest BCUT2D eigenvalue weighted by molar-refractivity contribution is 7.96. The van der Waals surface area contributed by atoms with Crippen LogP contribution >= 0.6 is 0 Å². The summed E-state index contributed by atoms with van der Waals surface area (Å²) in [6.07, 6.45) is 1.45. The van der Waals surface area contributed by atoms with Crippen molar-refractivity contribution >= 4 is 32.8 Å². The van der Waals surface area contributed by atoms with Crippen LogP contribution in [-0.2, 0) is 26.4 Å². The Bertz CT molecular complexity index is 1400. The van der Waals surface area contributed by atoms with Gasteiger partial charge in [0.2, 0.25) is 9.84 Å². The molecule has 0 saturated heterocycles. The number of aryl methyl sites for hydroxylation is 1. The zero-order valence-electron chi connectivity index (χ0n) is 17.9. The van der Waals surface area contributed by atoms with Crippen LogP contribution in [0.2, 0.25) is 0 Å². The third-order valence-electron chi connectivity index (χ3n) is 5.29. The van der Waals surface area contributed by atoms with Gasteiger partial charge in [0.1, 0.15) is 0 Å². The third-order valence-corrected chi connectivity index (χ3v) is 7.04. The van der Waals surface area contributed by atoms with Gasteiger partial charge in [0.25, 0.3) is 0 Å². The lowest BCUT2D eigenvalue weighted by molar-refractivity contribution is -0.137. The number of hydrogen-bond acceptors (Lipinski definition) is 4. The monoisotopic (exact) mass is 445 g/mol. The maximum Gasteiger partial charge on any atom is 0.350 e. The zero-order valence-corrected chi connectivity index (χ0v) is 18.7. The van der Waals surface area contributed by atoms with Gasteiger partial charge in [0.05, 0.1) is 17.2 Å². The zero-order chi connectivity index (χ0) is 22.7. The molecule has 32 heavy (non-hydrogen) atoms. The number of benzene rings is 3. The summed E-state index contributed by atoms with van der Waals surface area (Å²) in [4.78, 5) is 12.5. The molecule has 0 aliphatic carbocycles. The number of fused-ring (bicyclic) bond motifs is 1. The third kappa shape index (κ3) is 3.85. The summed E-state index contributed by atoms with van der Waals surface area (Å²) in [6, 6.07) is 25.3. The van der Waals surface area contributed by atoms with Crippen molar-refractivity contribution in [2.24, 2.45) is 7.05 Å². The average Bonchev–Trinajstić information content (AvgIpc) is 3.10. The minimum absolute atomic E-state index is 0.0424. The van der Waals surface area contributed by atoms with E-state index in [2.05, 4.69) is 0 Å². The van der Waals surface area contributed by atoms with E-state index in [4.69, 9.17) is 4.74 Å². The van der Waals surface area contributed by atoms with Crippen LogP contribution in [0.4, 0.5) is 0 Å². The molecule has 0 saturated carbocycles. The van der Waals surface area contributed by atoms with Crippen LogP contribution in [0, 0.1) is 0 Å². The number of carbonyl (C=O) groups excluding carboxylic acids is 1. The summed E-state index contributed by atoms with van der Waals surface area (Å²) >= 11 is 0. The van der Waals surface area contributed by atoms with Crippen molar-refractivity contribution < 1.29 is 17.9 Å². The molecule has 5 nitrogen and oxygen atoms in total. The summed E-state index contributed by atoms with van der Waals surface area (Å²) in [7, 11) is -2.17. The van der Waals surface area contributed by atoms with Crippen molar-refractivity contribution in [3.63, 3.8) is 0 Å². The van der Waals surface area contributed by atoms with Crippen LogP contribution in [0.3, 0.4) is 0 Å². The van der Waals surface area contributed by atoms with Gasteiger partial charge in [0, 0.05) is 23.5 Å². The first-order chi connectivity index (χ1) is 15.4. The molecule has 4 aromatic rings. The second-order valence-electron chi connectivity index (χ2n) is 7.25. The van der Waals surface area contributed by atoms with Crippen LogP contribution in [0.25, 0.3) is 28.2 Å². The molecule has 0 aliphatic heterocycles. The minimum atomic E-state index is -4.10. The predicted molar refractivity (Wildman–Crippen MR) is 127 cm³/mol. The molecule has 0 N–H and O–H groups in total. The van der Waals surface area contributed by atoms with Crippen LogP contribution < -0.4 is 0 Å². The van der Waals surface area contributed by atoms with E-state index in [9.17, 15) is 13.2 Å². The van der Waals surface area contributed by atoms with Crippen molar-refractivity contribution in [2.75, 3.05) is 6.61 Å². The molecule has 0 aliphatic rings. The van der Waals surface area contributed by atoms with Crippen molar-refractivity contribution in [1.29, 1.82) is 0 Å². The topological polar surface area (TPSA) is 65.4 Å². The van der Waals surface area contributed by atoms with Crippen LogP contribution in [0.15, 0.2) is 94.7 Å². The lowest BCUT2D eigenvalue weighted by Gasteiger charge is -2.10. The van der Waals surface area contributed by atoms with Gasteiger partial charge in [-0.1, -0.05) is 66.7 Å². The second kappa shape index (κ2) is 8.85. The molecule has 0 amide bonds. The van der Waals surface area contributed by atoms with E-state index >= 15 is 0 Å². The average molecular weight is 446 g/mol. The smallest absolute Gasteiger partial charge is 0.350 e. The summed E-state index contributed by atoms with van der Waals surface area (Å²) in [5.74, 6) is -0.872. The maximum absolute atomic E-state index is 13.5. The van der Waals surface area contributed by atoms with E-state index in [0.29, 0.717) is 5.56 Å². The van der Waals surface area contributed by atoms with Crippen molar-refractivity contribution in [3.8, 4) is 11.3 Å². The Morgan fingerprint density at radius 3 is 2.16 bits per heavy atom. The molecule has 6 heteroatoms. The Morgan fingerprint density at radius 2 is 1.50 bits per heavy atom. The summed E-state index contributed by atoms with van der Waals surface area (Å²) in [5, 5.41) is 0.846. The largest absolute Gasteiger partial charge is 0.462 e. The molecule has 1 aromatic heterocycles. The fourth-order valence-electron chi connectivity index (χ4n) is 3.82. The SMILES string of the molecule is CCOC(=O)/C(=C/c1c(-c2ccccc2)n(C)c2ccccc12)S(=O)(=O)c1ccccc1. The maximum atomic E-state index is 13.5. The number of para-hydroxylation sites is 1. The highest BCUT2D eigenvalue weighted by atomic mass is 32.2. The lowest BCUT2D eigenvalue weighted by atomic mass is 10.0. The second-order valence-corrected chi connectivity index (χ2v) is 9.17. The number of rotatable bonds is 6. The number of hydrogen-bond donors (Lipinski definition) is 0. The normalized spacial score (nSPS) is 12.1. The van der Waals surface area contributed by atoms with Crippen LogP contribution in [-0.4, -0.2) is 25.6 Å². The molecule has 0 radical (unpaired) electrons. The van der Waals surface area contributed by atoms with Crippen molar-refractivity contribution in [2.45, 2.75) is 11.8 Å². The van der Waals surface area contributed by atoms with Crippen molar-refractivity contribution in [1.82, 2.24) is 4.57 Å². The van der Waals surface area contributed by atoms with E-state index in [1.807, 2.05) is 66.2 Å². The number of sulfone groups is 1. The highest BCUT2D eigenvalue weighted by Gasteiger charge is 2.29. The summed E-state index contributed by atoms with van der Waals surface area (Å²) < 4.78 is 34.1. The standard InChI is InChI=1S/C26H23NO4S/c1-3-31-26(28)24(32(29,30)20-14-8-5-9-15-20)18-22-21-16-10-11-17-23(21)27(2)25(22)19-12-6-4-7-13-19/h4-18H,3H2,1-2H3/b24-18-. The molecule has 0 spiro atoms. The first-order valence-corrected chi connectivity index (χ1v) is 11.7. The van der Waals surface area contributed by atoms with Gasteiger partial charge in [-0.3, -0.25) is 0 Å². The Labute approximate surface area is 187 Å². The molecular weight excluding hydrogens is 422 g/mol. The van der Waals surface area contributed by atoms with Crippen LogP contribution in [0.1, 0.15) is 12.5 Å². The number of ether oxygens (including phenoxy) is 1.